The first-order valence-electron chi connectivity index (χ1n) is 5.12. The molecule has 0 spiro atoms. The zero-order valence-electron chi connectivity index (χ0n) is 9.42. The Bertz CT molecular complexity index is 686. The van der Waals surface area contributed by atoms with E-state index in [1.807, 2.05) is 6.92 Å². The minimum atomic E-state index is -1.41. The van der Waals surface area contributed by atoms with Crippen molar-refractivity contribution in [2.45, 2.75) is 20.0 Å². The summed E-state index contributed by atoms with van der Waals surface area (Å²) >= 11 is 0. The molecule has 0 saturated carbocycles. The molecule has 0 unspecified atom stereocenters. The molecule has 0 aliphatic heterocycles. The molecule has 0 aliphatic carbocycles. The highest BCUT2D eigenvalue weighted by Crippen LogP contribution is 2.09. The van der Waals surface area contributed by atoms with Crippen molar-refractivity contribution in [3.63, 3.8) is 0 Å². The molecule has 2 N–H and O–H groups in total. The fourth-order valence-electron chi connectivity index (χ4n) is 1.49. The molecule has 2 aromatic heterocycles. The third-order valence-electron chi connectivity index (χ3n) is 2.45. The third-order valence-corrected chi connectivity index (χ3v) is 2.45. The van der Waals surface area contributed by atoms with Gasteiger partial charge in [-0.2, -0.15) is 4.39 Å². The molecule has 0 atom stereocenters. The van der Waals surface area contributed by atoms with Crippen LogP contribution >= 0.6 is 0 Å². The molecule has 8 nitrogen and oxygen atoms in total. The van der Waals surface area contributed by atoms with Gasteiger partial charge in [-0.25, -0.2) is 4.79 Å². The Balaban J connectivity index is 2.51. The van der Waals surface area contributed by atoms with E-state index in [1.54, 1.807) is 9.55 Å². The number of nitrogens with zero attached hydrogens (tertiary/aromatic N) is 4. The summed E-state index contributed by atoms with van der Waals surface area (Å²) in [6.07, 6.45) is 1.44. The number of H-pyrrole nitrogens is 1. The second kappa shape index (κ2) is 4.43. The number of nitrogens with one attached hydrogen (secondary N) is 1. The first-order chi connectivity index (χ1) is 8.54. The molecule has 0 amide bonds. The van der Waals surface area contributed by atoms with Crippen LogP contribution in [0.15, 0.2) is 15.9 Å². The maximum Gasteiger partial charge on any atom is 0.331 e. The van der Waals surface area contributed by atoms with Gasteiger partial charge in [0.05, 0.1) is 6.54 Å². The molecule has 0 radical (unpaired) electrons. The van der Waals surface area contributed by atoms with Crippen molar-refractivity contribution in [2.24, 2.45) is 0 Å². The average Bonchev–Trinajstić information content (AvgIpc) is 2.79. The standard InChI is InChI=1S/C9H10FN5O3/c1-2-14-4-11-13-5(14)3-15-8(17)6(10)7(16)12-9(15)18/h4,17H,2-3H2,1H3,(H,12,16,18). The van der Waals surface area contributed by atoms with Crippen molar-refractivity contribution >= 4 is 0 Å². The van der Waals surface area contributed by atoms with Gasteiger partial charge in [-0.1, -0.05) is 0 Å². The molecule has 2 heterocycles. The Morgan fingerprint density at radius 3 is 2.89 bits per heavy atom. The number of halogens is 1. The van der Waals surface area contributed by atoms with Crippen LogP contribution in [0.2, 0.25) is 0 Å². The largest absolute Gasteiger partial charge is 0.492 e. The van der Waals surface area contributed by atoms with Crippen LogP contribution in [0.3, 0.4) is 0 Å². The van der Waals surface area contributed by atoms with Crippen molar-refractivity contribution in [2.75, 3.05) is 0 Å². The highest BCUT2D eigenvalue weighted by Gasteiger charge is 2.15. The van der Waals surface area contributed by atoms with Gasteiger partial charge in [0, 0.05) is 6.54 Å². The van der Waals surface area contributed by atoms with Gasteiger partial charge in [-0.05, 0) is 6.92 Å². The van der Waals surface area contributed by atoms with Crippen molar-refractivity contribution in [1.29, 1.82) is 0 Å². The quantitative estimate of drug-likeness (QED) is 0.734. The first kappa shape index (κ1) is 12.0. The molecular formula is C9H10FN5O3. The number of aromatic nitrogens is 5. The number of aryl methyl sites for hydroxylation is 1. The van der Waals surface area contributed by atoms with Crippen LogP contribution in [0, 0.1) is 5.82 Å². The van der Waals surface area contributed by atoms with Crippen LogP contribution in [0.4, 0.5) is 4.39 Å². The zero-order chi connectivity index (χ0) is 13.3. The lowest BCUT2D eigenvalue weighted by molar-refractivity contribution is 0.364. The number of aromatic amines is 1. The summed E-state index contributed by atoms with van der Waals surface area (Å²) in [5.74, 6) is -2.06. The maximum atomic E-state index is 13.2. The van der Waals surface area contributed by atoms with Gasteiger partial charge in [0.15, 0.2) is 5.82 Å². The van der Waals surface area contributed by atoms with E-state index in [2.05, 4.69) is 10.2 Å². The van der Waals surface area contributed by atoms with Crippen LogP contribution in [0.5, 0.6) is 5.88 Å². The number of rotatable bonds is 3. The fraction of sp³-hybridized carbons (Fsp3) is 0.333. The second-order valence-electron chi connectivity index (χ2n) is 3.52. The van der Waals surface area contributed by atoms with Crippen molar-refractivity contribution in [3.8, 4) is 5.88 Å². The highest BCUT2D eigenvalue weighted by atomic mass is 19.1. The van der Waals surface area contributed by atoms with Crippen molar-refractivity contribution in [3.05, 3.63) is 38.8 Å². The van der Waals surface area contributed by atoms with Crippen LogP contribution in [-0.2, 0) is 13.1 Å². The zero-order valence-corrected chi connectivity index (χ0v) is 9.42. The van der Waals surface area contributed by atoms with Gasteiger partial charge in [0.25, 0.3) is 5.56 Å². The van der Waals surface area contributed by atoms with Gasteiger partial charge in [0.1, 0.15) is 6.33 Å². The van der Waals surface area contributed by atoms with E-state index in [4.69, 9.17) is 0 Å². The first-order valence-corrected chi connectivity index (χ1v) is 5.12. The van der Waals surface area contributed by atoms with Gasteiger partial charge in [-0.3, -0.25) is 14.3 Å². The van der Waals surface area contributed by atoms with E-state index in [1.165, 1.54) is 6.33 Å². The van der Waals surface area contributed by atoms with Crippen LogP contribution < -0.4 is 11.2 Å². The molecule has 0 aliphatic rings. The summed E-state index contributed by atoms with van der Waals surface area (Å²) in [7, 11) is 0. The van der Waals surface area contributed by atoms with E-state index in [-0.39, 0.29) is 6.54 Å². The molecule has 2 rings (SSSR count). The minimum absolute atomic E-state index is 0.188. The van der Waals surface area contributed by atoms with E-state index in [9.17, 15) is 19.1 Å². The Morgan fingerprint density at radius 1 is 1.50 bits per heavy atom. The summed E-state index contributed by atoms with van der Waals surface area (Å²) in [6.45, 7) is 2.21. The lowest BCUT2D eigenvalue weighted by Crippen LogP contribution is -2.32. The molecule has 96 valence electrons. The molecule has 2 aromatic rings. The topological polar surface area (TPSA) is 106 Å². The number of aromatic hydroxyl groups is 1. The minimum Gasteiger partial charge on any atom is -0.492 e. The Labute approximate surface area is 99.3 Å². The molecule has 18 heavy (non-hydrogen) atoms. The molecular weight excluding hydrogens is 245 g/mol. The smallest absolute Gasteiger partial charge is 0.331 e. The van der Waals surface area contributed by atoms with Gasteiger partial charge >= 0.3 is 5.69 Å². The fourth-order valence-corrected chi connectivity index (χ4v) is 1.49. The Hall–Kier alpha value is -2.45. The average molecular weight is 255 g/mol. The van der Waals surface area contributed by atoms with E-state index < -0.39 is 22.9 Å². The molecule has 9 heteroatoms. The lowest BCUT2D eigenvalue weighted by atomic mass is 10.5. The van der Waals surface area contributed by atoms with Gasteiger partial charge < -0.3 is 9.67 Å². The summed E-state index contributed by atoms with van der Waals surface area (Å²) in [5.41, 5.74) is -2.17. The molecule has 0 saturated heterocycles. The Morgan fingerprint density at radius 2 is 2.22 bits per heavy atom. The predicted octanol–water partition coefficient (Wildman–Crippen LogP) is -0.959. The van der Waals surface area contributed by atoms with Crippen molar-refractivity contribution in [1.82, 2.24) is 24.3 Å². The summed E-state index contributed by atoms with van der Waals surface area (Å²) in [5, 5.41) is 16.8. The van der Waals surface area contributed by atoms with Crippen LogP contribution in [0.1, 0.15) is 12.7 Å². The Kier molecular flexibility index (Phi) is 2.96. The normalized spacial score (nSPS) is 10.8. The van der Waals surface area contributed by atoms with E-state index >= 15 is 0 Å². The molecule has 0 aromatic carbocycles. The highest BCUT2D eigenvalue weighted by molar-refractivity contribution is 5.10. The summed E-state index contributed by atoms with van der Waals surface area (Å²) < 4.78 is 15.5. The van der Waals surface area contributed by atoms with Crippen LogP contribution in [-0.4, -0.2) is 29.4 Å². The molecule has 0 fully saturated rings. The lowest BCUT2D eigenvalue weighted by Gasteiger charge is -2.08. The predicted molar refractivity (Wildman–Crippen MR) is 57.7 cm³/mol. The monoisotopic (exact) mass is 255 g/mol. The molecule has 0 bridgehead atoms. The van der Waals surface area contributed by atoms with E-state index in [0.29, 0.717) is 16.9 Å². The number of hydrogen-bond acceptors (Lipinski definition) is 5. The third kappa shape index (κ3) is 1.90. The SMILES string of the molecule is CCn1cnnc1Cn1c(O)c(F)c(=O)[nH]c1=O. The van der Waals surface area contributed by atoms with E-state index in [0.717, 1.165) is 0 Å². The van der Waals surface area contributed by atoms with Gasteiger partial charge in [-0.15, -0.1) is 10.2 Å². The van der Waals surface area contributed by atoms with Gasteiger partial charge in [0.2, 0.25) is 11.7 Å². The summed E-state index contributed by atoms with van der Waals surface area (Å²) in [4.78, 5) is 24.1. The van der Waals surface area contributed by atoms with Crippen LogP contribution in [0.25, 0.3) is 0 Å². The second-order valence-corrected chi connectivity index (χ2v) is 3.52. The number of hydrogen-bond donors (Lipinski definition) is 2. The van der Waals surface area contributed by atoms with Crippen molar-refractivity contribution < 1.29 is 9.50 Å². The summed E-state index contributed by atoms with van der Waals surface area (Å²) in [6, 6.07) is 0. The maximum absolute atomic E-state index is 13.2.